The van der Waals surface area contributed by atoms with E-state index in [0.717, 1.165) is 18.5 Å². The molecule has 5 rings (SSSR count). The lowest BCUT2D eigenvalue weighted by Crippen LogP contribution is -2.20. The van der Waals surface area contributed by atoms with Crippen molar-refractivity contribution in [1.29, 1.82) is 0 Å². The molecule has 4 aromatic heterocycles. The molecule has 0 atom stereocenters. The normalized spacial score (nSPS) is 12.1. The fourth-order valence-electron chi connectivity index (χ4n) is 3.83. The van der Waals surface area contributed by atoms with Crippen LogP contribution < -0.4 is 5.56 Å². The van der Waals surface area contributed by atoms with Gasteiger partial charge in [-0.3, -0.25) is 9.59 Å². The van der Waals surface area contributed by atoms with E-state index in [-0.39, 0.29) is 28.7 Å². The monoisotopic (exact) mass is 490 g/mol. The van der Waals surface area contributed by atoms with Crippen LogP contribution in [-0.2, 0) is 12.7 Å². The molecule has 6 nitrogen and oxygen atoms in total. The predicted molar refractivity (Wildman–Crippen MR) is 112 cm³/mol. The van der Waals surface area contributed by atoms with E-state index in [4.69, 9.17) is 0 Å². The first-order valence-corrected chi connectivity index (χ1v) is 9.97. The number of pyridine rings is 2. The molecule has 0 bridgehead atoms. The predicted octanol–water partition coefficient (Wildman–Crippen LogP) is 4.69. The van der Waals surface area contributed by atoms with Crippen LogP contribution in [-0.4, -0.2) is 24.7 Å². The van der Waals surface area contributed by atoms with Crippen molar-refractivity contribution < 1.29 is 31.1 Å². The summed E-state index contributed by atoms with van der Waals surface area (Å²) < 4.78 is 82.5. The van der Waals surface area contributed by atoms with Crippen molar-refractivity contribution in [3.63, 3.8) is 0 Å². The number of alkyl halides is 3. The molecule has 0 unspecified atom stereocenters. The largest absolute Gasteiger partial charge is 0.417 e. The van der Waals surface area contributed by atoms with Gasteiger partial charge < -0.3 is 14.0 Å². The zero-order valence-corrected chi connectivity index (χ0v) is 17.3. The molecule has 0 saturated carbocycles. The standard InChI is InChI=1S/C23H12F6N4O2/c24-12-5-16(25)19(17(26)6-12)21(34)15-7-30-20-14(15)3-4-32(22(20)35)9-13-10-33-8-11(23(27,28)29)1-2-18(33)31-13/h1-8,10,30H,9H2. The van der Waals surface area contributed by atoms with Crippen LogP contribution in [0.15, 0.2) is 59.9 Å². The Kier molecular flexibility index (Phi) is 5.04. The lowest BCUT2D eigenvalue weighted by atomic mass is 10.0. The summed E-state index contributed by atoms with van der Waals surface area (Å²) in [5, 5.41) is 0.0872. The summed E-state index contributed by atoms with van der Waals surface area (Å²) >= 11 is 0. The highest BCUT2D eigenvalue weighted by Crippen LogP contribution is 2.29. The van der Waals surface area contributed by atoms with E-state index in [0.29, 0.717) is 17.8 Å². The number of hydrogen-bond acceptors (Lipinski definition) is 3. The summed E-state index contributed by atoms with van der Waals surface area (Å²) in [5.41, 5.74) is -2.11. The summed E-state index contributed by atoms with van der Waals surface area (Å²) in [4.78, 5) is 32.5. The Hall–Kier alpha value is -4.35. The molecule has 0 fully saturated rings. The van der Waals surface area contributed by atoms with E-state index in [1.165, 1.54) is 33.5 Å². The van der Waals surface area contributed by atoms with E-state index in [1.54, 1.807) is 0 Å². The van der Waals surface area contributed by atoms with Gasteiger partial charge >= 0.3 is 6.18 Å². The molecule has 0 radical (unpaired) electrons. The van der Waals surface area contributed by atoms with Crippen LogP contribution in [0, 0.1) is 17.5 Å². The average molecular weight is 490 g/mol. The molecule has 5 aromatic rings. The van der Waals surface area contributed by atoms with Gasteiger partial charge in [0, 0.05) is 47.9 Å². The third kappa shape index (κ3) is 3.86. The number of carbonyl (C=O) groups is 1. The number of aromatic nitrogens is 4. The fourth-order valence-corrected chi connectivity index (χ4v) is 3.83. The highest BCUT2D eigenvalue weighted by molar-refractivity contribution is 6.16. The molecule has 0 aliphatic rings. The van der Waals surface area contributed by atoms with Gasteiger partial charge in [-0.1, -0.05) is 0 Å². The number of imidazole rings is 1. The van der Waals surface area contributed by atoms with Gasteiger partial charge in [0.1, 0.15) is 28.6 Å². The molecule has 0 amide bonds. The lowest BCUT2D eigenvalue weighted by Gasteiger charge is -2.06. The first kappa shape index (κ1) is 22.4. The SMILES string of the molecule is O=C(c1c(F)cc(F)cc1F)c1c[nH]c2c(=O)n(Cc3cn4cc(C(F)(F)F)ccc4n3)ccc12. The summed E-state index contributed by atoms with van der Waals surface area (Å²) in [6.07, 6.45) is 0.144. The van der Waals surface area contributed by atoms with Crippen molar-refractivity contribution in [1.82, 2.24) is 18.9 Å². The number of benzene rings is 1. The average Bonchev–Trinajstić information content (AvgIpc) is 3.37. The Morgan fingerprint density at radius 2 is 1.74 bits per heavy atom. The van der Waals surface area contributed by atoms with Gasteiger partial charge in [0.05, 0.1) is 23.4 Å². The maximum Gasteiger partial charge on any atom is 0.417 e. The summed E-state index contributed by atoms with van der Waals surface area (Å²) in [6.45, 7) is -0.0959. The molecule has 0 aliphatic carbocycles. The second kappa shape index (κ2) is 7.86. The number of nitrogens with one attached hydrogen (secondary N) is 1. The van der Waals surface area contributed by atoms with E-state index in [9.17, 15) is 35.9 Å². The highest BCUT2D eigenvalue weighted by atomic mass is 19.4. The number of rotatable bonds is 4. The van der Waals surface area contributed by atoms with Crippen molar-refractivity contribution in [3.8, 4) is 0 Å². The number of halogens is 6. The van der Waals surface area contributed by atoms with E-state index < -0.39 is 46.1 Å². The van der Waals surface area contributed by atoms with Gasteiger partial charge in [-0.25, -0.2) is 18.2 Å². The Balaban J connectivity index is 1.50. The van der Waals surface area contributed by atoms with Gasteiger partial charge in [-0.2, -0.15) is 13.2 Å². The molecule has 1 aromatic carbocycles. The van der Waals surface area contributed by atoms with Crippen LogP contribution in [0.1, 0.15) is 27.2 Å². The zero-order valence-electron chi connectivity index (χ0n) is 17.3. The van der Waals surface area contributed by atoms with Crippen molar-refractivity contribution in [2.45, 2.75) is 12.7 Å². The lowest BCUT2D eigenvalue weighted by molar-refractivity contribution is -0.137. The Bertz CT molecular complexity index is 1670. The number of ketones is 1. The zero-order chi connectivity index (χ0) is 25.1. The van der Waals surface area contributed by atoms with Crippen LogP contribution in [0.25, 0.3) is 16.6 Å². The highest BCUT2D eigenvalue weighted by Gasteiger charge is 2.31. The van der Waals surface area contributed by atoms with Gasteiger partial charge in [0.2, 0.25) is 5.78 Å². The number of fused-ring (bicyclic) bond motifs is 2. The molecular weight excluding hydrogens is 478 g/mol. The first-order valence-electron chi connectivity index (χ1n) is 9.97. The van der Waals surface area contributed by atoms with Crippen molar-refractivity contribution >= 4 is 22.3 Å². The van der Waals surface area contributed by atoms with Crippen LogP contribution >= 0.6 is 0 Å². The summed E-state index contributed by atoms with van der Waals surface area (Å²) in [6, 6.07) is 4.23. The fraction of sp³-hybridized carbons (Fsp3) is 0.0870. The van der Waals surface area contributed by atoms with Gasteiger partial charge in [0.25, 0.3) is 5.56 Å². The van der Waals surface area contributed by atoms with Crippen molar-refractivity contribution in [2.75, 3.05) is 0 Å². The number of carbonyl (C=O) groups excluding carboxylic acids is 1. The molecule has 35 heavy (non-hydrogen) atoms. The number of hydrogen-bond donors (Lipinski definition) is 1. The molecule has 0 saturated heterocycles. The molecule has 1 N–H and O–H groups in total. The van der Waals surface area contributed by atoms with Crippen LogP contribution in [0.3, 0.4) is 0 Å². The minimum atomic E-state index is -4.52. The molecule has 12 heteroatoms. The third-order valence-corrected chi connectivity index (χ3v) is 5.46. The maximum atomic E-state index is 14.1. The Morgan fingerprint density at radius 1 is 1.03 bits per heavy atom. The Morgan fingerprint density at radius 3 is 2.43 bits per heavy atom. The van der Waals surface area contributed by atoms with Crippen LogP contribution in [0.5, 0.6) is 0 Å². The smallest absolute Gasteiger partial charge is 0.356 e. The summed E-state index contributed by atoms with van der Waals surface area (Å²) in [7, 11) is 0. The minimum absolute atomic E-state index is 0.0399. The van der Waals surface area contributed by atoms with Gasteiger partial charge in [-0.05, 0) is 18.2 Å². The number of nitrogens with zero attached hydrogens (tertiary/aromatic N) is 3. The topological polar surface area (TPSA) is 72.2 Å². The minimum Gasteiger partial charge on any atom is -0.356 e. The molecular formula is C23H12F6N4O2. The van der Waals surface area contributed by atoms with E-state index in [2.05, 4.69) is 9.97 Å². The maximum absolute atomic E-state index is 14.1. The van der Waals surface area contributed by atoms with Gasteiger partial charge in [0.15, 0.2) is 0 Å². The molecule has 4 heterocycles. The molecule has 0 spiro atoms. The van der Waals surface area contributed by atoms with Crippen molar-refractivity contribution in [2.24, 2.45) is 0 Å². The van der Waals surface area contributed by atoms with Gasteiger partial charge in [-0.15, -0.1) is 0 Å². The Labute approximate surface area is 191 Å². The molecule has 178 valence electrons. The molecule has 0 aliphatic heterocycles. The second-order valence-corrected chi connectivity index (χ2v) is 7.73. The van der Waals surface area contributed by atoms with Crippen LogP contribution in [0.2, 0.25) is 0 Å². The van der Waals surface area contributed by atoms with E-state index >= 15 is 0 Å². The second-order valence-electron chi connectivity index (χ2n) is 7.73. The van der Waals surface area contributed by atoms with Crippen molar-refractivity contribution in [3.05, 3.63) is 105 Å². The quantitative estimate of drug-likeness (QED) is 0.294. The number of H-pyrrole nitrogens is 1. The number of aromatic amines is 1. The first-order chi connectivity index (χ1) is 16.5. The third-order valence-electron chi connectivity index (χ3n) is 5.46. The summed E-state index contributed by atoms with van der Waals surface area (Å²) in [5.74, 6) is -5.02. The van der Waals surface area contributed by atoms with E-state index in [1.807, 2.05) is 0 Å². The van der Waals surface area contributed by atoms with Crippen LogP contribution in [0.4, 0.5) is 26.3 Å².